The van der Waals surface area contributed by atoms with Crippen LogP contribution in [0.4, 0.5) is 0 Å². The summed E-state index contributed by atoms with van der Waals surface area (Å²) >= 11 is 1.41. The molecule has 0 saturated carbocycles. The molecule has 1 amide bonds. The average molecular weight is 361 g/mol. The van der Waals surface area contributed by atoms with Crippen LogP contribution >= 0.6 is 11.8 Å². The van der Waals surface area contributed by atoms with Gasteiger partial charge in [0.2, 0.25) is 11.1 Å². The second kappa shape index (κ2) is 7.97. The zero-order valence-corrected chi connectivity index (χ0v) is 15.8. The van der Waals surface area contributed by atoms with E-state index in [2.05, 4.69) is 22.4 Å². The van der Waals surface area contributed by atoms with Crippen LogP contribution in [-0.4, -0.2) is 69.0 Å². The third kappa shape index (κ3) is 4.19. The van der Waals surface area contributed by atoms with Crippen molar-refractivity contribution < 1.29 is 9.69 Å². The molecule has 134 valence electrons. The largest absolute Gasteiger partial charge is 0.332 e. The van der Waals surface area contributed by atoms with Gasteiger partial charge in [0.05, 0.1) is 43.7 Å². The maximum Gasteiger partial charge on any atom is 0.236 e. The summed E-state index contributed by atoms with van der Waals surface area (Å²) in [4.78, 5) is 16.3. The smallest absolute Gasteiger partial charge is 0.236 e. The predicted octanol–water partition coefficient (Wildman–Crippen LogP) is 0.198. The van der Waals surface area contributed by atoms with Gasteiger partial charge in [0.15, 0.2) is 0 Å². The van der Waals surface area contributed by atoms with Crippen molar-refractivity contribution in [3.05, 3.63) is 29.8 Å². The first-order chi connectivity index (χ1) is 12.1. The number of amides is 1. The Morgan fingerprint density at radius 1 is 1.28 bits per heavy atom. The van der Waals surface area contributed by atoms with E-state index in [1.54, 1.807) is 9.58 Å². The van der Waals surface area contributed by atoms with Crippen LogP contribution in [0.5, 0.6) is 0 Å². The molecule has 0 aliphatic carbocycles. The zero-order valence-electron chi connectivity index (χ0n) is 15.0. The number of thioether (sulfide) groups is 1. The fourth-order valence-electron chi connectivity index (χ4n) is 2.96. The molecule has 7 nitrogen and oxygen atoms in total. The van der Waals surface area contributed by atoms with Crippen LogP contribution in [0.15, 0.2) is 29.4 Å². The Labute approximate surface area is 152 Å². The molecule has 1 aliphatic heterocycles. The number of hydrogen-bond donors (Lipinski definition) is 1. The van der Waals surface area contributed by atoms with Crippen molar-refractivity contribution in [3.8, 4) is 5.69 Å². The number of benzene rings is 1. The number of hydrogen-bond acceptors (Lipinski definition) is 5. The fourth-order valence-corrected chi connectivity index (χ4v) is 3.85. The number of quaternary nitrogens is 1. The average Bonchev–Trinajstić information content (AvgIpc) is 3.10. The molecule has 2 aromatic rings. The molecule has 1 atom stereocenters. The van der Waals surface area contributed by atoms with E-state index in [-0.39, 0.29) is 11.2 Å². The number of likely N-dealkylation sites (N-methyl/N-ethyl adjacent to an activating group) is 1. The van der Waals surface area contributed by atoms with Crippen LogP contribution < -0.4 is 4.90 Å². The fraction of sp³-hybridized carbons (Fsp3) is 0.529. The molecule has 25 heavy (non-hydrogen) atoms. The second-order valence-corrected chi connectivity index (χ2v) is 7.71. The number of aromatic nitrogens is 4. The highest BCUT2D eigenvalue weighted by Crippen LogP contribution is 2.24. The predicted molar refractivity (Wildman–Crippen MR) is 97.0 cm³/mol. The number of nitrogens with zero attached hydrogens (tertiary/aromatic N) is 5. The van der Waals surface area contributed by atoms with Crippen molar-refractivity contribution in [2.75, 3.05) is 32.7 Å². The molecule has 1 aromatic carbocycles. The number of rotatable bonds is 5. The Hall–Kier alpha value is -1.93. The lowest BCUT2D eigenvalue weighted by Crippen LogP contribution is -3.14. The van der Waals surface area contributed by atoms with Crippen LogP contribution in [0.3, 0.4) is 0 Å². The lowest BCUT2D eigenvalue weighted by atomic mass is 10.2. The quantitative estimate of drug-likeness (QED) is 0.771. The van der Waals surface area contributed by atoms with Gasteiger partial charge in [-0.15, -0.1) is 5.10 Å². The molecule has 2 heterocycles. The summed E-state index contributed by atoms with van der Waals surface area (Å²) in [5.74, 6) is 0.165. The van der Waals surface area contributed by atoms with Gasteiger partial charge < -0.3 is 9.80 Å². The van der Waals surface area contributed by atoms with E-state index < -0.39 is 0 Å². The second-order valence-electron chi connectivity index (χ2n) is 6.40. The Bertz CT molecular complexity index is 708. The van der Waals surface area contributed by atoms with Gasteiger partial charge in [0, 0.05) is 0 Å². The van der Waals surface area contributed by atoms with Crippen LogP contribution in [0.2, 0.25) is 0 Å². The van der Waals surface area contributed by atoms with Gasteiger partial charge in [-0.25, -0.2) is 0 Å². The molecule has 1 aromatic heterocycles. The third-order valence-electron chi connectivity index (χ3n) is 4.63. The van der Waals surface area contributed by atoms with E-state index in [1.165, 1.54) is 17.3 Å². The first kappa shape index (κ1) is 17.9. The van der Waals surface area contributed by atoms with Gasteiger partial charge in [-0.3, -0.25) is 4.79 Å². The first-order valence-electron chi connectivity index (χ1n) is 8.73. The first-order valence-corrected chi connectivity index (χ1v) is 9.61. The molecule has 0 spiro atoms. The minimum absolute atomic E-state index is 0.165. The van der Waals surface area contributed by atoms with E-state index in [0.29, 0.717) is 5.16 Å². The third-order valence-corrected chi connectivity index (χ3v) is 5.65. The zero-order chi connectivity index (χ0) is 17.8. The molecule has 0 bridgehead atoms. The molecule has 1 N–H and O–H groups in total. The van der Waals surface area contributed by atoms with Crippen molar-refractivity contribution in [3.63, 3.8) is 0 Å². The highest BCUT2D eigenvalue weighted by molar-refractivity contribution is 8.00. The maximum atomic E-state index is 12.7. The SMILES string of the molecule is CC[NH+]1CCN(C(=O)[C@H](C)Sc2nnnn2-c2ccc(C)cc2)CC1. The number of carbonyl (C=O) groups is 1. The van der Waals surface area contributed by atoms with Gasteiger partial charge in [0.25, 0.3) is 0 Å². The molecule has 0 unspecified atom stereocenters. The highest BCUT2D eigenvalue weighted by Gasteiger charge is 2.28. The topological polar surface area (TPSA) is 68.3 Å². The van der Waals surface area contributed by atoms with Crippen LogP contribution in [-0.2, 0) is 4.79 Å². The normalized spacial score (nSPS) is 16.8. The van der Waals surface area contributed by atoms with E-state index in [1.807, 2.05) is 43.0 Å². The van der Waals surface area contributed by atoms with E-state index in [0.717, 1.165) is 38.4 Å². The van der Waals surface area contributed by atoms with E-state index >= 15 is 0 Å². The molecular weight excluding hydrogens is 336 g/mol. The maximum absolute atomic E-state index is 12.7. The van der Waals surface area contributed by atoms with Gasteiger partial charge in [-0.2, -0.15) is 4.68 Å². The van der Waals surface area contributed by atoms with Crippen LogP contribution in [0.25, 0.3) is 5.69 Å². The van der Waals surface area contributed by atoms with Crippen molar-refractivity contribution in [1.29, 1.82) is 0 Å². The van der Waals surface area contributed by atoms with Crippen LogP contribution in [0, 0.1) is 6.92 Å². The Morgan fingerprint density at radius 2 is 1.96 bits per heavy atom. The van der Waals surface area contributed by atoms with Gasteiger partial charge in [0.1, 0.15) is 0 Å². The summed E-state index contributed by atoms with van der Waals surface area (Å²) in [5, 5.41) is 12.4. The highest BCUT2D eigenvalue weighted by atomic mass is 32.2. The number of nitrogens with one attached hydrogen (secondary N) is 1. The minimum Gasteiger partial charge on any atom is -0.332 e. The lowest BCUT2D eigenvalue weighted by molar-refractivity contribution is -0.902. The Kier molecular flexibility index (Phi) is 5.70. The summed E-state index contributed by atoms with van der Waals surface area (Å²) < 4.78 is 1.69. The van der Waals surface area contributed by atoms with Crippen LogP contribution in [0.1, 0.15) is 19.4 Å². The summed E-state index contributed by atoms with van der Waals surface area (Å²) in [5.41, 5.74) is 2.08. The molecule has 1 fully saturated rings. The summed E-state index contributed by atoms with van der Waals surface area (Å²) in [6, 6.07) is 8.01. The van der Waals surface area contributed by atoms with E-state index in [4.69, 9.17) is 0 Å². The van der Waals surface area contributed by atoms with Crippen molar-refractivity contribution in [2.45, 2.75) is 31.2 Å². The lowest BCUT2D eigenvalue weighted by Gasteiger charge is -2.32. The van der Waals surface area contributed by atoms with Crippen molar-refractivity contribution in [2.24, 2.45) is 0 Å². The molecule has 1 aliphatic rings. The molecule has 0 radical (unpaired) electrons. The molecule has 1 saturated heterocycles. The molecule has 3 rings (SSSR count). The van der Waals surface area contributed by atoms with Gasteiger partial charge >= 0.3 is 0 Å². The number of carbonyl (C=O) groups excluding carboxylic acids is 1. The van der Waals surface area contributed by atoms with Gasteiger partial charge in [-0.1, -0.05) is 29.5 Å². The Morgan fingerprint density at radius 3 is 2.60 bits per heavy atom. The monoisotopic (exact) mass is 361 g/mol. The molecule has 8 heteroatoms. The number of tetrazole rings is 1. The van der Waals surface area contributed by atoms with Crippen molar-refractivity contribution in [1.82, 2.24) is 25.1 Å². The van der Waals surface area contributed by atoms with Gasteiger partial charge in [-0.05, 0) is 43.3 Å². The summed E-state index contributed by atoms with van der Waals surface area (Å²) in [6.07, 6.45) is 0. The number of aryl methyl sites for hydroxylation is 1. The number of piperazine rings is 1. The molecular formula is C17H25N6OS+. The summed E-state index contributed by atoms with van der Waals surface area (Å²) in [7, 11) is 0. The minimum atomic E-state index is -0.210. The Balaban J connectivity index is 1.65. The standard InChI is InChI=1S/C17H24N6OS/c1-4-21-9-11-22(12-10-21)16(24)14(3)25-17-18-19-20-23(17)15-7-5-13(2)6-8-15/h5-8,14H,4,9-12H2,1-3H3/p+1/t14-/m0/s1. The van der Waals surface area contributed by atoms with Crippen molar-refractivity contribution >= 4 is 17.7 Å². The summed E-state index contributed by atoms with van der Waals surface area (Å²) in [6.45, 7) is 11.0. The van der Waals surface area contributed by atoms with E-state index in [9.17, 15) is 4.79 Å².